The molecule has 2 aromatic rings. The first-order chi connectivity index (χ1) is 14.0. The molecule has 1 aliphatic heterocycles. The van der Waals surface area contributed by atoms with Gasteiger partial charge < -0.3 is 15.5 Å². The Hall–Kier alpha value is -2.48. The number of hydrogen-bond acceptors (Lipinski definition) is 4. The number of benzene rings is 1. The predicted molar refractivity (Wildman–Crippen MR) is 113 cm³/mol. The van der Waals surface area contributed by atoms with Gasteiger partial charge in [0.1, 0.15) is 11.6 Å². The molecule has 29 heavy (non-hydrogen) atoms. The lowest BCUT2D eigenvalue weighted by Gasteiger charge is -2.25. The van der Waals surface area contributed by atoms with Crippen molar-refractivity contribution in [1.82, 2.24) is 30.3 Å². The topological polar surface area (TPSA) is 70.4 Å². The third-order valence-electron chi connectivity index (χ3n) is 4.92. The molecule has 0 saturated carbocycles. The van der Waals surface area contributed by atoms with Crippen molar-refractivity contribution in [3.8, 4) is 0 Å². The minimum Gasteiger partial charge on any atom is -0.357 e. The standard InChI is InChI=1S/C21H32FN7/c1-5-19-26-20-10-8-17(14-29(20)27-19)25-21(23-6-2)24-12-15-7-9-18(22)16(11-15)13-28(3)4/h7,9,11,17H,5-6,8,10,12-14H2,1-4H3,(H2,23,24,25). The van der Waals surface area contributed by atoms with Crippen molar-refractivity contribution in [1.29, 1.82) is 0 Å². The number of guanidine groups is 1. The normalized spacial score (nSPS) is 16.8. The van der Waals surface area contributed by atoms with Gasteiger partial charge in [-0.2, -0.15) is 5.10 Å². The maximum Gasteiger partial charge on any atom is 0.191 e. The lowest BCUT2D eigenvalue weighted by molar-refractivity contribution is 0.391. The van der Waals surface area contributed by atoms with Crippen LogP contribution >= 0.6 is 0 Å². The Morgan fingerprint density at radius 3 is 2.90 bits per heavy atom. The van der Waals surface area contributed by atoms with Gasteiger partial charge in [-0.25, -0.2) is 19.0 Å². The van der Waals surface area contributed by atoms with Crippen LogP contribution in [0.1, 0.15) is 43.0 Å². The number of fused-ring (bicyclic) bond motifs is 1. The molecule has 1 aromatic heterocycles. The third-order valence-corrected chi connectivity index (χ3v) is 4.92. The van der Waals surface area contributed by atoms with E-state index in [-0.39, 0.29) is 11.9 Å². The average Bonchev–Trinajstić information content (AvgIpc) is 3.10. The first-order valence-corrected chi connectivity index (χ1v) is 10.4. The van der Waals surface area contributed by atoms with E-state index in [1.54, 1.807) is 6.07 Å². The Balaban J connectivity index is 1.66. The molecule has 0 fully saturated rings. The Morgan fingerprint density at radius 2 is 2.17 bits per heavy atom. The molecule has 1 atom stereocenters. The highest BCUT2D eigenvalue weighted by atomic mass is 19.1. The van der Waals surface area contributed by atoms with Gasteiger partial charge >= 0.3 is 0 Å². The zero-order valence-electron chi connectivity index (χ0n) is 17.9. The quantitative estimate of drug-likeness (QED) is 0.549. The number of halogens is 1. The van der Waals surface area contributed by atoms with Gasteiger partial charge in [0.2, 0.25) is 0 Å². The van der Waals surface area contributed by atoms with Gasteiger partial charge in [0.05, 0.1) is 13.1 Å². The van der Waals surface area contributed by atoms with Crippen LogP contribution in [0.15, 0.2) is 23.2 Å². The molecule has 0 radical (unpaired) electrons. The molecule has 1 unspecified atom stereocenters. The average molecular weight is 402 g/mol. The van der Waals surface area contributed by atoms with Crippen molar-refractivity contribution in [3.63, 3.8) is 0 Å². The summed E-state index contributed by atoms with van der Waals surface area (Å²) in [5, 5.41) is 11.4. The Morgan fingerprint density at radius 1 is 1.34 bits per heavy atom. The van der Waals surface area contributed by atoms with Gasteiger partial charge in [-0.05, 0) is 45.1 Å². The minimum absolute atomic E-state index is 0.172. The number of aryl methyl sites for hydroxylation is 2. The highest BCUT2D eigenvalue weighted by Gasteiger charge is 2.22. The van der Waals surface area contributed by atoms with Crippen LogP contribution in [0.2, 0.25) is 0 Å². The maximum atomic E-state index is 14.0. The number of hydrogen-bond donors (Lipinski definition) is 2. The highest BCUT2D eigenvalue weighted by Crippen LogP contribution is 2.15. The SMILES string of the molecule is CCNC(=NCc1ccc(F)c(CN(C)C)c1)NC1CCc2nc(CC)nn2C1. The van der Waals surface area contributed by atoms with E-state index in [1.165, 1.54) is 6.07 Å². The van der Waals surface area contributed by atoms with Crippen molar-refractivity contribution in [2.75, 3.05) is 20.6 Å². The summed E-state index contributed by atoms with van der Waals surface area (Å²) in [5.41, 5.74) is 1.69. The summed E-state index contributed by atoms with van der Waals surface area (Å²) < 4.78 is 16.0. The van der Waals surface area contributed by atoms with Crippen LogP contribution in [0.3, 0.4) is 0 Å². The molecule has 0 amide bonds. The van der Waals surface area contributed by atoms with Gasteiger partial charge in [0.25, 0.3) is 0 Å². The Bertz CT molecular complexity index is 844. The van der Waals surface area contributed by atoms with E-state index in [1.807, 2.05) is 36.7 Å². The summed E-state index contributed by atoms with van der Waals surface area (Å²) in [5.74, 6) is 2.58. The summed E-state index contributed by atoms with van der Waals surface area (Å²) in [6.07, 6.45) is 2.77. The lowest BCUT2D eigenvalue weighted by atomic mass is 10.1. The van der Waals surface area contributed by atoms with Gasteiger partial charge in [0, 0.05) is 37.5 Å². The molecule has 7 nitrogen and oxygen atoms in total. The van der Waals surface area contributed by atoms with Crippen LogP contribution in [0.25, 0.3) is 0 Å². The maximum absolute atomic E-state index is 14.0. The van der Waals surface area contributed by atoms with Crippen LogP contribution in [-0.4, -0.2) is 52.3 Å². The van der Waals surface area contributed by atoms with Crippen molar-refractivity contribution in [3.05, 3.63) is 46.8 Å². The highest BCUT2D eigenvalue weighted by molar-refractivity contribution is 5.80. The molecule has 3 rings (SSSR count). The van der Waals surface area contributed by atoms with Crippen LogP contribution in [0.4, 0.5) is 4.39 Å². The molecular weight excluding hydrogens is 369 g/mol. The molecule has 1 aliphatic rings. The molecule has 158 valence electrons. The van der Waals surface area contributed by atoms with E-state index in [0.29, 0.717) is 18.7 Å². The van der Waals surface area contributed by atoms with E-state index >= 15 is 0 Å². The fraction of sp³-hybridized carbons (Fsp3) is 0.571. The van der Waals surface area contributed by atoms with E-state index in [4.69, 9.17) is 4.99 Å². The number of nitrogens with one attached hydrogen (secondary N) is 2. The summed E-state index contributed by atoms with van der Waals surface area (Å²) in [6.45, 7) is 6.76. The van der Waals surface area contributed by atoms with E-state index in [9.17, 15) is 4.39 Å². The second kappa shape index (κ2) is 9.82. The van der Waals surface area contributed by atoms with E-state index < -0.39 is 0 Å². The summed E-state index contributed by atoms with van der Waals surface area (Å²) in [4.78, 5) is 11.3. The van der Waals surface area contributed by atoms with Crippen LogP contribution in [-0.2, 0) is 32.5 Å². The van der Waals surface area contributed by atoms with Gasteiger partial charge in [0.15, 0.2) is 11.8 Å². The number of rotatable bonds is 7. The molecule has 2 heterocycles. The molecular formula is C21H32FN7. The molecule has 2 N–H and O–H groups in total. The molecule has 0 saturated heterocycles. The van der Waals surface area contributed by atoms with Crippen LogP contribution < -0.4 is 10.6 Å². The number of aromatic nitrogens is 3. The molecule has 0 aliphatic carbocycles. The van der Waals surface area contributed by atoms with E-state index in [2.05, 4.69) is 27.6 Å². The fourth-order valence-corrected chi connectivity index (χ4v) is 3.50. The number of aliphatic imine (C=N–C) groups is 1. The van der Waals surface area contributed by atoms with E-state index in [0.717, 1.165) is 55.5 Å². The predicted octanol–water partition coefficient (Wildman–Crippen LogP) is 2.11. The molecule has 0 spiro atoms. The van der Waals surface area contributed by atoms with Gasteiger partial charge in [-0.3, -0.25) is 0 Å². The molecule has 8 heteroatoms. The fourth-order valence-electron chi connectivity index (χ4n) is 3.50. The molecule has 0 bridgehead atoms. The summed E-state index contributed by atoms with van der Waals surface area (Å²) >= 11 is 0. The van der Waals surface area contributed by atoms with Gasteiger partial charge in [-0.1, -0.05) is 13.0 Å². The summed E-state index contributed by atoms with van der Waals surface area (Å²) in [6, 6.07) is 5.49. The van der Waals surface area contributed by atoms with Crippen molar-refractivity contribution in [2.45, 2.75) is 58.8 Å². The van der Waals surface area contributed by atoms with Crippen molar-refractivity contribution in [2.24, 2.45) is 4.99 Å². The Labute approximate surface area is 172 Å². The first-order valence-electron chi connectivity index (χ1n) is 10.4. The molecule has 1 aromatic carbocycles. The van der Waals surface area contributed by atoms with Gasteiger partial charge in [-0.15, -0.1) is 0 Å². The smallest absolute Gasteiger partial charge is 0.191 e. The second-order valence-electron chi connectivity index (χ2n) is 7.72. The zero-order valence-corrected chi connectivity index (χ0v) is 17.9. The largest absolute Gasteiger partial charge is 0.357 e. The summed E-state index contributed by atoms with van der Waals surface area (Å²) in [7, 11) is 3.87. The van der Waals surface area contributed by atoms with Crippen molar-refractivity contribution < 1.29 is 4.39 Å². The lowest BCUT2D eigenvalue weighted by Crippen LogP contribution is -2.47. The second-order valence-corrected chi connectivity index (χ2v) is 7.72. The zero-order chi connectivity index (χ0) is 20.8. The third kappa shape index (κ3) is 5.76. The van der Waals surface area contributed by atoms with Crippen LogP contribution in [0, 0.1) is 5.82 Å². The Kier molecular flexibility index (Phi) is 7.19. The number of nitrogens with zero attached hydrogens (tertiary/aromatic N) is 5. The van der Waals surface area contributed by atoms with Crippen molar-refractivity contribution >= 4 is 5.96 Å². The minimum atomic E-state index is -0.172. The van der Waals surface area contributed by atoms with Crippen LogP contribution in [0.5, 0.6) is 0 Å². The monoisotopic (exact) mass is 401 g/mol. The first kappa shape index (κ1) is 21.2.